The molecule has 1 amide bonds. The zero-order chi connectivity index (χ0) is 18.5. The Bertz CT molecular complexity index is 731. The van der Waals surface area contributed by atoms with Crippen molar-refractivity contribution in [2.24, 2.45) is 0 Å². The second-order valence-electron chi connectivity index (χ2n) is 7.24. The summed E-state index contributed by atoms with van der Waals surface area (Å²) in [6.45, 7) is 6.15. The summed E-state index contributed by atoms with van der Waals surface area (Å²) < 4.78 is 11.3. The van der Waals surface area contributed by atoms with E-state index in [0.717, 1.165) is 29.9 Å². The molecule has 2 aromatic heterocycles. The number of amides is 1. The van der Waals surface area contributed by atoms with Crippen molar-refractivity contribution >= 4 is 5.91 Å². The molecule has 2 heterocycles. The van der Waals surface area contributed by atoms with Gasteiger partial charge in [0.1, 0.15) is 12.4 Å². The van der Waals surface area contributed by atoms with E-state index in [9.17, 15) is 4.79 Å². The minimum absolute atomic E-state index is 0.0909. The average molecular weight is 357 g/mol. The summed E-state index contributed by atoms with van der Waals surface area (Å²) in [6, 6.07) is 3.54. The van der Waals surface area contributed by atoms with Crippen LogP contribution >= 0.6 is 0 Å². The minimum Gasteiger partial charge on any atom is -0.473 e. The monoisotopic (exact) mass is 357 g/mol. The molecule has 6 nitrogen and oxygen atoms in total. The smallest absolute Gasteiger partial charge is 0.253 e. The second-order valence-corrected chi connectivity index (χ2v) is 7.24. The highest BCUT2D eigenvalue weighted by Gasteiger charge is 2.24. The number of rotatable bonds is 6. The Labute approximate surface area is 154 Å². The van der Waals surface area contributed by atoms with Crippen molar-refractivity contribution in [2.75, 3.05) is 0 Å². The number of carbonyl (C=O) groups is 1. The molecule has 2 aromatic rings. The number of carbonyl (C=O) groups excluding carboxylic acids is 1. The molecule has 0 bridgehead atoms. The number of hydrogen-bond donors (Lipinski definition) is 1. The standard InChI is InChI=1S/C20H27N3O3/c1-13(2)22-20(24)16-9-10-18(21-11-16)25-12-17-14(3)26-23-19(17)15-7-5-4-6-8-15/h9-11,13,15H,4-8,12H2,1-3H3,(H,22,24). The quantitative estimate of drug-likeness (QED) is 0.840. The lowest BCUT2D eigenvalue weighted by molar-refractivity contribution is 0.0942. The van der Waals surface area contributed by atoms with E-state index in [0.29, 0.717) is 24.0 Å². The maximum absolute atomic E-state index is 12.0. The third-order valence-electron chi connectivity index (χ3n) is 4.79. The van der Waals surface area contributed by atoms with Gasteiger partial charge in [0.2, 0.25) is 5.88 Å². The molecular weight excluding hydrogens is 330 g/mol. The highest BCUT2D eigenvalue weighted by Crippen LogP contribution is 2.35. The van der Waals surface area contributed by atoms with E-state index in [1.807, 2.05) is 20.8 Å². The summed E-state index contributed by atoms with van der Waals surface area (Å²) in [7, 11) is 0. The van der Waals surface area contributed by atoms with Crippen molar-refractivity contribution < 1.29 is 14.1 Å². The van der Waals surface area contributed by atoms with Crippen molar-refractivity contribution in [3.05, 3.63) is 40.9 Å². The SMILES string of the molecule is Cc1onc(C2CCCCC2)c1COc1ccc(C(=O)NC(C)C)cn1. The van der Waals surface area contributed by atoms with Gasteiger partial charge in [-0.15, -0.1) is 0 Å². The normalized spacial score (nSPS) is 15.2. The Hall–Kier alpha value is -2.37. The minimum atomic E-state index is -0.131. The first-order valence-corrected chi connectivity index (χ1v) is 9.39. The fourth-order valence-electron chi connectivity index (χ4n) is 3.37. The van der Waals surface area contributed by atoms with Crippen LogP contribution in [-0.2, 0) is 6.61 Å². The van der Waals surface area contributed by atoms with Crippen LogP contribution in [0.5, 0.6) is 5.88 Å². The van der Waals surface area contributed by atoms with Crippen LogP contribution in [0.25, 0.3) is 0 Å². The molecule has 1 saturated carbocycles. The summed E-state index contributed by atoms with van der Waals surface area (Å²) in [5, 5.41) is 7.13. The Balaban J connectivity index is 1.64. The van der Waals surface area contributed by atoms with Crippen molar-refractivity contribution in [3.63, 3.8) is 0 Å². The summed E-state index contributed by atoms with van der Waals surface area (Å²) in [5.41, 5.74) is 2.59. The maximum Gasteiger partial charge on any atom is 0.253 e. The van der Waals surface area contributed by atoms with E-state index in [1.54, 1.807) is 12.1 Å². The lowest BCUT2D eigenvalue weighted by Crippen LogP contribution is -2.30. The molecule has 0 atom stereocenters. The third kappa shape index (κ3) is 4.42. The van der Waals surface area contributed by atoms with Crippen LogP contribution in [0.4, 0.5) is 0 Å². The number of aromatic nitrogens is 2. The van der Waals surface area contributed by atoms with E-state index in [2.05, 4.69) is 15.5 Å². The van der Waals surface area contributed by atoms with Crippen LogP contribution < -0.4 is 10.1 Å². The first-order valence-electron chi connectivity index (χ1n) is 9.39. The van der Waals surface area contributed by atoms with Gasteiger partial charge in [-0.25, -0.2) is 4.98 Å². The number of nitrogens with one attached hydrogen (secondary N) is 1. The van der Waals surface area contributed by atoms with E-state index >= 15 is 0 Å². The van der Waals surface area contributed by atoms with Crippen LogP contribution in [0.15, 0.2) is 22.9 Å². The third-order valence-corrected chi connectivity index (χ3v) is 4.79. The maximum atomic E-state index is 12.0. The highest BCUT2D eigenvalue weighted by molar-refractivity contribution is 5.94. The largest absolute Gasteiger partial charge is 0.473 e. The number of aryl methyl sites for hydroxylation is 1. The van der Waals surface area contributed by atoms with Crippen molar-refractivity contribution in [1.82, 2.24) is 15.5 Å². The molecule has 0 unspecified atom stereocenters. The van der Waals surface area contributed by atoms with Gasteiger partial charge in [-0.05, 0) is 39.7 Å². The second kappa shape index (κ2) is 8.34. The molecule has 1 aliphatic rings. The molecule has 6 heteroatoms. The van der Waals surface area contributed by atoms with E-state index in [4.69, 9.17) is 9.26 Å². The Kier molecular flexibility index (Phi) is 5.91. The lowest BCUT2D eigenvalue weighted by Gasteiger charge is -2.20. The zero-order valence-corrected chi connectivity index (χ0v) is 15.7. The Morgan fingerprint density at radius 3 is 2.73 bits per heavy atom. The molecule has 0 saturated heterocycles. The van der Waals surface area contributed by atoms with Gasteiger partial charge in [0.15, 0.2) is 0 Å². The fourth-order valence-corrected chi connectivity index (χ4v) is 3.37. The van der Waals surface area contributed by atoms with Crippen LogP contribution in [0.2, 0.25) is 0 Å². The molecule has 3 rings (SSSR count). The van der Waals surface area contributed by atoms with Crippen LogP contribution in [0, 0.1) is 6.92 Å². The van der Waals surface area contributed by atoms with Gasteiger partial charge >= 0.3 is 0 Å². The molecule has 26 heavy (non-hydrogen) atoms. The number of pyridine rings is 1. The van der Waals surface area contributed by atoms with Gasteiger partial charge in [0.25, 0.3) is 5.91 Å². The Morgan fingerprint density at radius 1 is 1.31 bits per heavy atom. The summed E-state index contributed by atoms with van der Waals surface area (Å²) >= 11 is 0. The molecular formula is C20H27N3O3. The molecule has 0 radical (unpaired) electrons. The zero-order valence-electron chi connectivity index (χ0n) is 15.7. The van der Waals surface area contributed by atoms with E-state index in [1.165, 1.54) is 25.5 Å². The van der Waals surface area contributed by atoms with Crippen LogP contribution in [0.1, 0.15) is 79.2 Å². The summed E-state index contributed by atoms with van der Waals surface area (Å²) in [4.78, 5) is 16.2. The number of hydrogen-bond acceptors (Lipinski definition) is 5. The van der Waals surface area contributed by atoms with Gasteiger partial charge in [-0.2, -0.15) is 0 Å². The van der Waals surface area contributed by atoms with E-state index < -0.39 is 0 Å². The summed E-state index contributed by atoms with van der Waals surface area (Å²) in [6.07, 6.45) is 7.67. The molecule has 1 aliphatic carbocycles. The van der Waals surface area contributed by atoms with Gasteiger partial charge < -0.3 is 14.6 Å². The van der Waals surface area contributed by atoms with Crippen molar-refractivity contribution in [1.29, 1.82) is 0 Å². The van der Waals surface area contributed by atoms with Crippen molar-refractivity contribution in [3.8, 4) is 5.88 Å². The summed E-state index contributed by atoms with van der Waals surface area (Å²) in [5.74, 6) is 1.63. The van der Waals surface area contributed by atoms with Crippen LogP contribution in [0.3, 0.4) is 0 Å². The first kappa shape index (κ1) is 18.4. The molecule has 0 aliphatic heterocycles. The molecule has 140 valence electrons. The molecule has 0 aromatic carbocycles. The topological polar surface area (TPSA) is 77.2 Å². The van der Waals surface area contributed by atoms with E-state index in [-0.39, 0.29) is 11.9 Å². The predicted octanol–water partition coefficient (Wildman–Crippen LogP) is 4.14. The van der Waals surface area contributed by atoms with Crippen LogP contribution in [-0.4, -0.2) is 22.1 Å². The first-order chi connectivity index (χ1) is 12.5. The number of nitrogens with zero attached hydrogens (tertiary/aromatic N) is 2. The van der Waals surface area contributed by atoms with Crippen molar-refractivity contribution in [2.45, 2.75) is 71.4 Å². The number of ether oxygens (including phenoxy) is 1. The highest BCUT2D eigenvalue weighted by atomic mass is 16.5. The fraction of sp³-hybridized carbons (Fsp3) is 0.550. The Morgan fingerprint density at radius 2 is 2.08 bits per heavy atom. The lowest BCUT2D eigenvalue weighted by atomic mass is 9.85. The van der Waals surface area contributed by atoms with Gasteiger partial charge in [0, 0.05) is 24.2 Å². The molecule has 1 N–H and O–H groups in total. The van der Waals surface area contributed by atoms with Gasteiger partial charge in [-0.3, -0.25) is 4.79 Å². The van der Waals surface area contributed by atoms with Gasteiger partial charge in [0.05, 0.1) is 16.8 Å². The molecule has 1 fully saturated rings. The molecule has 0 spiro atoms. The predicted molar refractivity (Wildman–Crippen MR) is 98.2 cm³/mol. The van der Waals surface area contributed by atoms with Gasteiger partial charge in [-0.1, -0.05) is 24.4 Å². The average Bonchev–Trinajstić information content (AvgIpc) is 3.01.